The lowest BCUT2D eigenvalue weighted by Gasteiger charge is -2.08. The van der Waals surface area contributed by atoms with Crippen LogP contribution in [0.4, 0.5) is 13.2 Å². The number of alkyl halides is 3. The van der Waals surface area contributed by atoms with Crippen molar-refractivity contribution in [3.8, 4) is 11.3 Å². The Balaban J connectivity index is 2.11. The molecule has 1 heterocycles. The lowest BCUT2D eigenvalue weighted by molar-refractivity contribution is -0.137. The minimum absolute atomic E-state index is 0.432. The zero-order valence-corrected chi connectivity index (χ0v) is 10.3. The van der Waals surface area contributed by atoms with E-state index in [0.717, 1.165) is 17.5 Å². The summed E-state index contributed by atoms with van der Waals surface area (Å²) in [4.78, 5) is 4.37. The summed E-state index contributed by atoms with van der Waals surface area (Å²) >= 11 is 0. The van der Waals surface area contributed by atoms with E-state index < -0.39 is 11.7 Å². The first-order valence-corrected chi connectivity index (χ1v) is 5.99. The summed E-state index contributed by atoms with van der Waals surface area (Å²) in [7, 11) is 0. The van der Waals surface area contributed by atoms with Gasteiger partial charge in [0.25, 0.3) is 0 Å². The molecular weight excluding hydrogens is 263 g/mol. The molecule has 0 aliphatic rings. The number of benzene rings is 2. The summed E-state index contributed by atoms with van der Waals surface area (Å²) in [5.74, 6) is 0. The topological polar surface area (TPSA) is 12.9 Å². The first kappa shape index (κ1) is 12.7. The molecule has 2 aromatic carbocycles. The molecule has 1 aromatic heterocycles. The Kier molecular flexibility index (Phi) is 2.93. The summed E-state index contributed by atoms with van der Waals surface area (Å²) in [6, 6.07) is 17.2. The van der Waals surface area contributed by atoms with Crippen molar-refractivity contribution in [2.75, 3.05) is 0 Å². The van der Waals surface area contributed by atoms with Gasteiger partial charge in [-0.1, -0.05) is 30.3 Å². The van der Waals surface area contributed by atoms with E-state index in [2.05, 4.69) is 11.1 Å². The molecule has 0 aliphatic carbocycles. The third kappa shape index (κ3) is 2.37. The van der Waals surface area contributed by atoms with Gasteiger partial charge in [-0.3, -0.25) is 0 Å². The number of halogens is 3. The zero-order valence-electron chi connectivity index (χ0n) is 10.3. The number of pyridine rings is 1. The van der Waals surface area contributed by atoms with Crippen molar-refractivity contribution in [1.29, 1.82) is 0 Å². The highest BCUT2D eigenvalue weighted by Gasteiger charge is 2.30. The minimum atomic E-state index is -4.35. The van der Waals surface area contributed by atoms with Gasteiger partial charge >= 0.3 is 6.18 Å². The van der Waals surface area contributed by atoms with E-state index in [9.17, 15) is 13.2 Å². The maximum absolute atomic E-state index is 12.7. The average molecular weight is 272 g/mol. The number of rotatable bonds is 1. The van der Waals surface area contributed by atoms with Crippen LogP contribution in [0.3, 0.4) is 0 Å². The first-order chi connectivity index (χ1) is 9.54. The number of nitrogens with zero attached hydrogens (tertiary/aromatic N) is 1. The molecule has 0 fully saturated rings. The smallest absolute Gasteiger partial charge is 0.248 e. The SMILES string of the molecule is FC(F)(F)c1cccc(-c2c[c]c3ccccc3n2)c1. The van der Waals surface area contributed by atoms with Gasteiger partial charge in [-0.05, 0) is 30.3 Å². The second-order valence-corrected chi connectivity index (χ2v) is 4.38. The third-order valence-electron chi connectivity index (χ3n) is 3.00. The van der Waals surface area contributed by atoms with Crippen LogP contribution in [-0.4, -0.2) is 4.98 Å². The molecule has 0 aliphatic heterocycles. The minimum Gasteiger partial charge on any atom is -0.248 e. The summed E-state index contributed by atoms with van der Waals surface area (Å²) in [5, 5.41) is 0.836. The zero-order chi connectivity index (χ0) is 14.2. The molecule has 3 aromatic rings. The van der Waals surface area contributed by atoms with Crippen LogP contribution in [-0.2, 0) is 6.18 Å². The molecule has 99 valence electrons. The maximum atomic E-state index is 12.7. The van der Waals surface area contributed by atoms with Crippen molar-refractivity contribution in [2.45, 2.75) is 6.18 Å². The summed E-state index contributed by atoms with van der Waals surface area (Å²) in [6.07, 6.45) is -4.35. The lowest BCUT2D eigenvalue weighted by Crippen LogP contribution is -2.04. The third-order valence-corrected chi connectivity index (χ3v) is 3.00. The van der Waals surface area contributed by atoms with Gasteiger partial charge in [0.1, 0.15) is 0 Å². The van der Waals surface area contributed by atoms with Gasteiger partial charge in [0.05, 0.1) is 16.8 Å². The lowest BCUT2D eigenvalue weighted by atomic mass is 10.1. The van der Waals surface area contributed by atoms with E-state index in [1.807, 2.05) is 24.3 Å². The molecule has 0 saturated heterocycles. The fourth-order valence-electron chi connectivity index (χ4n) is 2.00. The molecule has 4 heteroatoms. The fraction of sp³-hybridized carbons (Fsp3) is 0.0625. The van der Waals surface area contributed by atoms with Gasteiger partial charge in [-0.15, -0.1) is 0 Å². The highest BCUT2D eigenvalue weighted by Crippen LogP contribution is 2.32. The maximum Gasteiger partial charge on any atom is 0.416 e. The van der Waals surface area contributed by atoms with E-state index in [4.69, 9.17) is 0 Å². The molecule has 0 bridgehead atoms. The van der Waals surface area contributed by atoms with Gasteiger partial charge in [0, 0.05) is 10.9 Å². The second-order valence-electron chi connectivity index (χ2n) is 4.38. The number of hydrogen-bond acceptors (Lipinski definition) is 1. The van der Waals surface area contributed by atoms with Gasteiger partial charge in [0.15, 0.2) is 0 Å². The molecule has 0 unspecified atom stereocenters. The molecule has 1 radical (unpaired) electrons. The number of para-hydroxylation sites is 1. The van der Waals surface area contributed by atoms with Crippen molar-refractivity contribution in [3.05, 3.63) is 66.2 Å². The standard InChI is InChI=1S/C16H9F3N/c17-16(18,19)13-6-3-5-12(10-13)15-9-8-11-4-1-2-7-14(11)20-15/h1-7,9-10H. The second kappa shape index (κ2) is 4.63. The Labute approximate surface area is 113 Å². The van der Waals surface area contributed by atoms with Crippen LogP contribution in [0.25, 0.3) is 22.2 Å². The van der Waals surface area contributed by atoms with E-state index in [1.54, 1.807) is 12.1 Å². The van der Waals surface area contributed by atoms with Crippen molar-refractivity contribution in [2.24, 2.45) is 0 Å². The number of fused-ring (bicyclic) bond motifs is 1. The van der Waals surface area contributed by atoms with Crippen LogP contribution < -0.4 is 0 Å². The molecule has 1 nitrogen and oxygen atoms in total. The quantitative estimate of drug-likeness (QED) is 0.624. The van der Waals surface area contributed by atoms with E-state index in [1.165, 1.54) is 6.07 Å². The fourth-order valence-corrected chi connectivity index (χ4v) is 2.00. The molecule has 0 saturated carbocycles. The van der Waals surface area contributed by atoms with Crippen LogP contribution in [0, 0.1) is 6.07 Å². The van der Waals surface area contributed by atoms with Crippen LogP contribution in [0.5, 0.6) is 0 Å². The van der Waals surface area contributed by atoms with Gasteiger partial charge in [0.2, 0.25) is 0 Å². The molecule has 0 amide bonds. The van der Waals surface area contributed by atoms with Gasteiger partial charge in [-0.25, -0.2) is 4.98 Å². The highest BCUT2D eigenvalue weighted by molar-refractivity contribution is 5.80. The summed E-state index contributed by atoms with van der Waals surface area (Å²) < 4.78 is 38.1. The van der Waals surface area contributed by atoms with Crippen molar-refractivity contribution in [1.82, 2.24) is 4.98 Å². The molecule has 0 N–H and O–H groups in total. The van der Waals surface area contributed by atoms with Crippen LogP contribution >= 0.6 is 0 Å². The van der Waals surface area contributed by atoms with Gasteiger partial charge < -0.3 is 0 Å². The predicted octanol–water partition coefficient (Wildman–Crippen LogP) is 4.72. The first-order valence-electron chi connectivity index (χ1n) is 5.99. The van der Waals surface area contributed by atoms with Crippen molar-refractivity contribution in [3.63, 3.8) is 0 Å². The molecule has 0 spiro atoms. The summed E-state index contributed by atoms with van der Waals surface area (Å²) in [6.45, 7) is 0. The van der Waals surface area contributed by atoms with E-state index in [-0.39, 0.29) is 0 Å². The molecule has 0 atom stereocenters. The van der Waals surface area contributed by atoms with Crippen molar-refractivity contribution >= 4 is 10.9 Å². The Morgan fingerprint density at radius 2 is 1.75 bits per heavy atom. The Bertz CT molecular complexity index is 763. The predicted molar refractivity (Wildman–Crippen MR) is 71.0 cm³/mol. The highest BCUT2D eigenvalue weighted by atomic mass is 19.4. The summed E-state index contributed by atoms with van der Waals surface area (Å²) in [5.41, 5.74) is 0.948. The Hall–Kier alpha value is -2.36. The Morgan fingerprint density at radius 1 is 0.950 bits per heavy atom. The Morgan fingerprint density at radius 3 is 2.55 bits per heavy atom. The monoisotopic (exact) mass is 272 g/mol. The van der Waals surface area contributed by atoms with E-state index >= 15 is 0 Å². The van der Waals surface area contributed by atoms with Crippen LogP contribution in [0.1, 0.15) is 5.56 Å². The molecule has 20 heavy (non-hydrogen) atoms. The normalized spacial score (nSPS) is 11.8. The van der Waals surface area contributed by atoms with Crippen LogP contribution in [0.15, 0.2) is 54.6 Å². The number of hydrogen-bond donors (Lipinski definition) is 0. The largest absolute Gasteiger partial charge is 0.416 e. The molecule has 3 rings (SSSR count). The van der Waals surface area contributed by atoms with Crippen LogP contribution in [0.2, 0.25) is 0 Å². The average Bonchev–Trinajstić information content (AvgIpc) is 2.46. The van der Waals surface area contributed by atoms with E-state index in [0.29, 0.717) is 16.8 Å². The van der Waals surface area contributed by atoms with Gasteiger partial charge in [-0.2, -0.15) is 13.2 Å². The van der Waals surface area contributed by atoms with Crippen molar-refractivity contribution < 1.29 is 13.2 Å². The number of aromatic nitrogens is 1. The molecular formula is C16H9F3N.